The standard InChI is InChI=1S/C55H90O10/c1-3-5-7-9-11-13-15-17-19-21-23-24-26-27-29-31-33-35-37-39-41-43-50(57)62-46-48(47-63-55-54(61)53(60)52(59)49(45-56)65-55)64-51(58)44-42-40-38-36-34-32-30-28-25-22-20-18-16-14-12-10-8-6-4-2/h6,8,12,14-15,17-18,20-21,23,25,28,32,34,38,40,48-49,52-56,59-61H,3-5,7,9-11,13,16,19,22,24,26-27,29-31,33,35-37,39,41-47H2,1-2H3/b8-6-,14-12-,17-15-,20-18-,23-21-,28-25-,34-32-,40-38-. The van der Waals surface area contributed by atoms with Crippen LogP contribution in [0, 0.1) is 0 Å². The van der Waals surface area contributed by atoms with E-state index < -0.39 is 55.4 Å². The highest BCUT2D eigenvalue weighted by atomic mass is 16.7. The highest BCUT2D eigenvalue weighted by molar-refractivity contribution is 5.70. The van der Waals surface area contributed by atoms with Crippen LogP contribution in [0.3, 0.4) is 0 Å². The Labute approximate surface area is 394 Å². The SMILES string of the molecule is CC/C=C\C/C=C\C/C=C\C/C=C\C/C=C\C/C=C\CCC(=O)OC(COC(=O)CCCCCCCCCCC/C=C\C/C=C\CCCCCCC)COC1OC(CO)C(O)C(O)C1O. The summed E-state index contributed by atoms with van der Waals surface area (Å²) in [5, 5.41) is 40.2. The van der Waals surface area contributed by atoms with Crippen LogP contribution < -0.4 is 0 Å². The maximum Gasteiger partial charge on any atom is 0.306 e. The van der Waals surface area contributed by atoms with Gasteiger partial charge in [0.2, 0.25) is 0 Å². The topological polar surface area (TPSA) is 152 Å². The number of esters is 2. The van der Waals surface area contributed by atoms with Crippen molar-refractivity contribution >= 4 is 11.9 Å². The summed E-state index contributed by atoms with van der Waals surface area (Å²) in [6.07, 6.45) is 52.8. The van der Waals surface area contributed by atoms with Crippen LogP contribution in [0.15, 0.2) is 97.2 Å². The Balaban J connectivity index is 2.33. The number of rotatable bonds is 41. The molecule has 6 atom stereocenters. The van der Waals surface area contributed by atoms with E-state index in [0.717, 1.165) is 70.6 Å². The Morgan fingerprint density at radius 1 is 0.492 bits per heavy atom. The lowest BCUT2D eigenvalue weighted by Crippen LogP contribution is -2.59. The van der Waals surface area contributed by atoms with Gasteiger partial charge < -0.3 is 39.4 Å². The van der Waals surface area contributed by atoms with Gasteiger partial charge >= 0.3 is 11.9 Å². The number of ether oxygens (including phenoxy) is 4. The number of hydrogen-bond donors (Lipinski definition) is 4. The number of allylic oxidation sites excluding steroid dienone is 16. The Morgan fingerprint density at radius 2 is 0.938 bits per heavy atom. The second kappa shape index (κ2) is 44.5. The molecule has 10 heteroatoms. The minimum atomic E-state index is -1.61. The van der Waals surface area contributed by atoms with E-state index in [1.165, 1.54) is 70.6 Å². The summed E-state index contributed by atoms with van der Waals surface area (Å²) in [7, 11) is 0. The number of hydrogen-bond acceptors (Lipinski definition) is 10. The summed E-state index contributed by atoms with van der Waals surface area (Å²) < 4.78 is 22.1. The van der Waals surface area contributed by atoms with Gasteiger partial charge in [-0.2, -0.15) is 0 Å². The van der Waals surface area contributed by atoms with Crippen molar-refractivity contribution in [2.75, 3.05) is 19.8 Å². The Bertz CT molecular complexity index is 1380. The van der Waals surface area contributed by atoms with Crippen LogP contribution in [0.25, 0.3) is 0 Å². The maximum absolute atomic E-state index is 12.8. The normalized spacial score (nSPS) is 20.1. The Morgan fingerprint density at radius 3 is 1.43 bits per heavy atom. The van der Waals surface area contributed by atoms with Crippen LogP contribution in [-0.4, -0.2) is 89.0 Å². The molecule has 0 aromatic carbocycles. The summed E-state index contributed by atoms with van der Waals surface area (Å²) >= 11 is 0. The fourth-order valence-corrected chi connectivity index (χ4v) is 7.01. The lowest BCUT2D eigenvalue weighted by atomic mass is 9.99. The van der Waals surface area contributed by atoms with E-state index in [-0.39, 0.29) is 26.1 Å². The fraction of sp³-hybridized carbons (Fsp3) is 0.673. The molecule has 0 aromatic heterocycles. The van der Waals surface area contributed by atoms with Gasteiger partial charge in [0.25, 0.3) is 0 Å². The first kappa shape index (κ1) is 59.6. The second-order valence-electron chi connectivity index (χ2n) is 16.9. The fourth-order valence-electron chi connectivity index (χ4n) is 7.01. The molecule has 4 N–H and O–H groups in total. The highest BCUT2D eigenvalue weighted by Crippen LogP contribution is 2.22. The third-order valence-corrected chi connectivity index (χ3v) is 11.0. The van der Waals surface area contributed by atoms with Gasteiger partial charge in [0.1, 0.15) is 31.0 Å². The average molecular weight is 911 g/mol. The predicted molar refractivity (Wildman–Crippen MR) is 265 cm³/mol. The van der Waals surface area contributed by atoms with Crippen LogP contribution >= 0.6 is 0 Å². The number of aliphatic hydroxyl groups excluding tert-OH is 4. The molecule has 0 bridgehead atoms. The minimum absolute atomic E-state index is 0.0987. The lowest BCUT2D eigenvalue weighted by Gasteiger charge is -2.39. The van der Waals surface area contributed by atoms with Crippen LogP contribution in [0.2, 0.25) is 0 Å². The molecule has 1 saturated heterocycles. The molecule has 1 rings (SSSR count). The van der Waals surface area contributed by atoms with Gasteiger partial charge in [-0.3, -0.25) is 9.59 Å². The molecule has 0 aliphatic carbocycles. The molecule has 1 fully saturated rings. The van der Waals surface area contributed by atoms with Crippen molar-refractivity contribution < 1.29 is 49.0 Å². The van der Waals surface area contributed by atoms with E-state index in [4.69, 9.17) is 18.9 Å². The van der Waals surface area contributed by atoms with Gasteiger partial charge in [-0.1, -0.05) is 182 Å². The third kappa shape index (κ3) is 35.5. The zero-order chi connectivity index (χ0) is 47.3. The molecular weight excluding hydrogens is 821 g/mol. The van der Waals surface area contributed by atoms with Gasteiger partial charge in [-0.05, 0) is 83.5 Å². The minimum Gasteiger partial charge on any atom is -0.462 e. The summed E-state index contributed by atoms with van der Waals surface area (Å²) in [5.41, 5.74) is 0. The van der Waals surface area contributed by atoms with Crippen molar-refractivity contribution in [3.63, 3.8) is 0 Å². The number of carbonyl (C=O) groups is 2. The first-order valence-electron chi connectivity index (χ1n) is 25.3. The van der Waals surface area contributed by atoms with Crippen molar-refractivity contribution in [3.8, 4) is 0 Å². The van der Waals surface area contributed by atoms with E-state index in [1.54, 1.807) is 0 Å². The van der Waals surface area contributed by atoms with E-state index in [9.17, 15) is 30.0 Å². The van der Waals surface area contributed by atoms with Crippen molar-refractivity contribution in [3.05, 3.63) is 97.2 Å². The molecule has 1 aliphatic heterocycles. The molecule has 0 saturated carbocycles. The molecular formula is C55H90O10. The molecule has 370 valence electrons. The van der Waals surface area contributed by atoms with Gasteiger partial charge in [-0.15, -0.1) is 0 Å². The van der Waals surface area contributed by atoms with E-state index in [0.29, 0.717) is 12.8 Å². The van der Waals surface area contributed by atoms with Crippen molar-refractivity contribution in [1.29, 1.82) is 0 Å². The van der Waals surface area contributed by atoms with Gasteiger partial charge in [0.05, 0.1) is 13.2 Å². The van der Waals surface area contributed by atoms with Crippen molar-refractivity contribution in [2.45, 2.75) is 218 Å². The number of unbranched alkanes of at least 4 members (excludes halogenated alkanes) is 14. The first-order chi connectivity index (χ1) is 31.8. The number of aliphatic hydroxyl groups is 4. The molecule has 1 heterocycles. The van der Waals surface area contributed by atoms with Crippen LogP contribution in [0.4, 0.5) is 0 Å². The first-order valence-corrected chi connectivity index (χ1v) is 25.3. The quantitative estimate of drug-likeness (QED) is 0.0265. The van der Waals surface area contributed by atoms with Gasteiger partial charge in [0, 0.05) is 12.8 Å². The molecule has 10 nitrogen and oxygen atoms in total. The molecule has 0 radical (unpaired) electrons. The summed E-state index contributed by atoms with van der Waals surface area (Å²) in [4.78, 5) is 25.4. The van der Waals surface area contributed by atoms with Gasteiger partial charge in [-0.25, -0.2) is 0 Å². The number of carbonyl (C=O) groups excluding carboxylic acids is 2. The molecule has 0 aromatic rings. The largest absolute Gasteiger partial charge is 0.462 e. The zero-order valence-electron chi connectivity index (χ0n) is 40.4. The second-order valence-corrected chi connectivity index (χ2v) is 16.9. The highest BCUT2D eigenvalue weighted by Gasteiger charge is 2.44. The van der Waals surface area contributed by atoms with Crippen molar-refractivity contribution in [2.24, 2.45) is 0 Å². The summed E-state index contributed by atoms with van der Waals surface area (Å²) in [6, 6.07) is 0. The van der Waals surface area contributed by atoms with Crippen molar-refractivity contribution in [1.82, 2.24) is 0 Å². The molecule has 1 aliphatic rings. The Kier molecular flexibility index (Phi) is 40.8. The van der Waals surface area contributed by atoms with E-state index in [2.05, 4.69) is 98.9 Å². The van der Waals surface area contributed by atoms with Gasteiger partial charge in [0.15, 0.2) is 12.4 Å². The van der Waals surface area contributed by atoms with E-state index in [1.807, 2.05) is 12.2 Å². The third-order valence-electron chi connectivity index (χ3n) is 11.0. The monoisotopic (exact) mass is 911 g/mol. The molecule has 0 spiro atoms. The predicted octanol–water partition coefficient (Wildman–Crippen LogP) is 11.9. The van der Waals surface area contributed by atoms with Crippen LogP contribution in [-0.2, 0) is 28.5 Å². The Hall–Kier alpha value is -3.38. The summed E-state index contributed by atoms with van der Waals surface area (Å²) in [6.45, 7) is 3.22. The van der Waals surface area contributed by atoms with Crippen LogP contribution in [0.5, 0.6) is 0 Å². The zero-order valence-corrected chi connectivity index (χ0v) is 40.4. The molecule has 6 unspecified atom stereocenters. The molecule has 65 heavy (non-hydrogen) atoms. The molecule has 0 amide bonds. The van der Waals surface area contributed by atoms with E-state index >= 15 is 0 Å². The lowest BCUT2D eigenvalue weighted by molar-refractivity contribution is -0.305. The maximum atomic E-state index is 12.8. The smallest absolute Gasteiger partial charge is 0.306 e. The van der Waals surface area contributed by atoms with Crippen LogP contribution in [0.1, 0.15) is 181 Å². The summed E-state index contributed by atoms with van der Waals surface area (Å²) in [5.74, 6) is -0.915. The average Bonchev–Trinajstić information content (AvgIpc) is 3.30.